The van der Waals surface area contributed by atoms with E-state index >= 15 is 0 Å². The number of nitrogens with zero attached hydrogens (tertiary/aromatic N) is 1. The Hall–Kier alpha value is -0.620. The van der Waals surface area contributed by atoms with Crippen LogP contribution in [0.2, 0.25) is 0 Å². The summed E-state index contributed by atoms with van der Waals surface area (Å²) in [6, 6.07) is 0.0161. The second kappa shape index (κ2) is 3.51. The largest absolute Gasteiger partial charge is 0.443 e. The summed E-state index contributed by atoms with van der Waals surface area (Å²) in [5.74, 6) is 0. The van der Waals surface area contributed by atoms with Gasteiger partial charge in [-0.25, -0.2) is 4.98 Å². The molecule has 1 aliphatic heterocycles. The molecular formula is C8H9F3N2S. The minimum atomic E-state index is -4.30. The minimum Gasteiger partial charge on any atom is -0.309 e. The van der Waals surface area contributed by atoms with Crippen LogP contribution in [0.3, 0.4) is 0 Å². The van der Waals surface area contributed by atoms with Gasteiger partial charge in [0.15, 0.2) is 5.01 Å². The van der Waals surface area contributed by atoms with E-state index in [-0.39, 0.29) is 6.04 Å². The van der Waals surface area contributed by atoms with Crippen LogP contribution < -0.4 is 5.32 Å². The summed E-state index contributed by atoms with van der Waals surface area (Å²) in [7, 11) is 0. The molecular weight excluding hydrogens is 213 g/mol. The van der Waals surface area contributed by atoms with Gasteiger partial charge in [-0.2, -0.15) is 13.2 Å². The summed E-state index contributed by atoms with van der Waals surface area (Å²) >= 11 is 0.667. The Morgan fingerprint density at radius 1 is 1.50 bits per heavy atom. The summed E-state index contributed by atoms with van der Waals surface area (Å²) in [5.41, 5.74) is 0.528. The molecule has 1 aromatic rings. The molecule has 1 fully saturated rings. The molecule has 1 N–H and O–H groups in total. The van der Waals surface area contributed by atoms with Crippen LogP contribution in [0.1, 0.15) is 29.6 Å². The molecule has 0 unspecified atom stereocenters. The van der Waals surface area contributed by atoms with Crippen LogP contribution in [-0.2, 0) is 6.18 Å². The van der Waals surface area contributed by atoms with Gasteiger partial charge in [0.1, 0.15) is 0 Å². The van der Waals surface area contributed by atoms with E-state index in [9.17, 15) is 13.2 Å². The zero-order valence-corrected chi connectivity index (χ0v) is 8.08. The van der Waals surface area contributed by atoms with E-state index in [4.69, 9.17) is 0 Å². The molecule has 0 aliphatic carbocycles. The monoisotopic (exact) mass is 222 g/mol. The number of rotatable bonds is 1. The normalized spacial score (nSPS) is 22.9. The van der Waals surface area contributed by atoms with Gasteiger partial charge in [-0.3, -0.25) is 0 Å². The maximum atomic E-state index is 12.2. The highest BCUT2D eigenvalue weighted by molar-refractivity contribution is 7.09. The highest BCUT2D eigenvalue weighted by atomic mass is 32.1. The molecule has 1 saturated heterocycles. The zero-order chi connectivity index (χ0) is 10.2. The average molecular weight is 222 g/mol. The Labute approximate surface area is 83.2 Å². The van der Waals surface area contributed by atoms with Gasteiger partial charge >= 0.3 is 6.18 Å². The van der Waals surface area contributed by atoms with E-state index in [1.165, 1.54) is 5.38 Å². The Morgan fingerprint density at radius 3 is 2.79 bits per heavy atom. The van der Waals surface area contributed by atoms with Crippen molar-refractivity contribution in [3.05, 3.63) is 16.1 Å². The van der Waals surface area contributed by atoms with Crippen LogP contribution in [0.15, 0.2) is 5.38 Å². The predicted molar refractivity (Wildman–Crippen MR) is 47.1 cm³/mol. The Balaban J connectivity index is 2.17. The van der Waals surface area contributed by atoms with Gasteiger partial charge in [0.25, 0.3) is 0 Å². The van der Waals surface area contributed by atoms with Crippen LogP contribution in [0.4, 0.5) is 13.2 Å². The lowest BCUT2D eigenvalue weighted by Gasteiger charge is -2.05. The van der Waals surface area contributed by atoms with Gasteiger partial charge in [0, 0.05) is 5.38 Å². The molecule has 0 spiro atoms. The highest BCUT2D eigenvalue weighted by Crippen LogP contribution is 2.34. The number of hydrogen-bond donors (Lipinski definition) is 1. The van der Waals surface area contributed by atoms with Crippen LogP contribution in [-0.4, -0.2) is 11.5 Å². The second-order valence-electron chi connectivity index (χ2n) is 3.22. The molecule has 2 heterocycles. The van der Waals surface area contributed by atoms with E-state index < -0.39 is 11.2 Å². The summed E-state index contributed by atoms with van der Waals surface area (Å²) in [4.78, 5) is 3.59. The molecule has 0 bridgehead atoms. The number of thiazole rings is 1. The standard InChI is InChI=1S/C8H9F3N2S/c9-8(10,11)7-13-6(4-14-7)5-2-1-3-12-5/h4-5,12H,1-3H2/t5-/m1/s1. The Kier molecular flexibility index (Phi) is 2.48. The molecule has 0 aromatic carbocycles. The lowest BCUT2D eigenvalue weighted by molar-refractivity contribution is -0.137. The topological polar surface area (TPSA) is 24.9 Å². The average Bonchev–Trinajstić information content (AvgIpc) is 2.73. The predicted octanol–water partition coefficient (Wildman–Crippen LogP) is 2.59. The molecule has 1 atom stereocenters. The lowest BCUT2D eigenvalue weighted by atomic mass is 10.2. The van der Waals surface area contributed by atoms with Crippen molar-refractivity contribution >= 4 is 11.3 Å². The van der Waals surface area contributed by atoms with Gasteiger partial charge in [-0.15, -0.1) is 11.3 Å². The van der Waals surface area contributed by atoms with Crippen LogP contribution in [0.25, 0.3) is 0 Å². The van der Waals surface area contributed by atoms with Gasteiger partial charge in [0.2, 0.25) is 0 Å². The summed E-state index contributed by atoms with van der Waals surface area (Å²) in [6.45, 7) is 0.865. The van der Waals surface area contributed by atoms with Crippen molar-refractivity contribution in [2.45, 2.75) is 25.1 Å². The molecule has 6 heteroatoms. The summed E-state index contributed by atoms with van der Waals surface area (Å²) in [5, 5.41) is 3.86. The van der Waals surface area contributed by atoms with Gasteiger partial charge in [-0.1, -0.05) is 0 Å². The molecule has 2 rings (SSSR count). The van der Waals surface area contributed by atoms with E-state index in [2.05, 4.69) is 10.3 Å². The number of alkyl halides is 3. The third-order valence-corrected chi connectivity index (χ3v) is 3.09. The zero-order valence-electron chi connectivity index (χ0n) is 7.27. The van der Waals surface area contributed by atoms with E-state index in [1.807, 2.05) is 0 Å². The maximum Gasteiger partial charge on any atom is 0.443 e. The first-order chi connectivity index (χ1) is 6.57. The first kappa shape index (κ1) is 9.92. The minimum absolute atomic E-state index is 0.0161. The van der Waals surface area contributed by atoms with E-state index in [0.717, 1.165) is 19.4 Å². The van der Waals surface area contributed by atoms with Crippen molar-refractivity contribution in [1.29, 1.82) is 0 Å². The van der Waals surface area contributed by atoms with Crippen molar-refractivity contribution in [2.24, 2.45) is 0 Å². The molecule has 78 valence electrons. The third-order valence-electron chi connectivity index (χ3n) is 2.18. The van der Waals surface area contributed by atoms with Crippen molar-refractivity contribution in [3.8, 4) is 0 Å². The fourth-order valence-corrected chi connectivity index (χ4v) is 2.25. The van der Waals surface area contributed by atoms with Crippen LogP contribution in [0, 0.1) is 0 Å². The fraction of sp³-hybridized carbons (Fsp3) is 0.625. The highest BCUT2D eigenvalue weighted by Gasteiger charge is 2.35. The third kappa shape index (κ3) is 1.90. The number of aromatic nitrogens is 1. The number of hydrogen-bond acceptors (Lipinski definition) is 3. The first-order valence-electron chi connectivity index (χ1n) is 4.33. The quantitative estimate of drug-likeness (QED) is 0.790. The summed E-state index contributed by atoms with van der Waals surface area (Å²) in [6.07, 6.45) is -2.42. The van der Waals surface area contributed by atoms with Crippen LogP contribution in [0.5, 0.6) is 0 Å². The SMILES string of the molecule is FC(F)(F)c1nc([C@H]2CCCN2)cs1. The molecule has 0 radical (unpaired) electrons. The van der Waals surface area contributed by atoms with E-state index in [0.29, 0.717) is 17.0 Å². The van der Waals surface area contributed by atoms with Gasteiger partial charge in [0.05, 0.1) is 11.7 Å². The second-order valence-corrected chi connectivity index (χ2v) is 4.08. The molecule has 2 nitrogen and oxygen atoms in total. The lowest BCUT2D eigenvalue weighted by Crippen LogP contribution is -2.14. The molecule has 0 saturated carbocycles. The Bertz CT molecular complexity index is 315. The summed E-state index contributed by atoms with van der Waals surface area (Å²) < 4.78 is 36.6. The van der Waals surface area contributed by atoms with Gasteiger partial charge in [-0.05, 0) is 19.4 Å². The van der Waals surface area contributed by atoms with E-state index in [1.54, 1.807) is 0 Å². The molecule has 0 amide bonds. The fourth-order valence-electron chi connectivity index (χ4n) is 1.51. The molecule has 1 aromatic heterocycles. The van der Waals surface area contributed by atoms with Crippen LogP contribution >= 0.6 is 11.3 Å². The number of halogens is 3. The number of nitrogens with one attached hydrogen (secondary N) is 1. The van der Waals surface area contributed by atoms with Gasteiger partial charge < -0.3 is 5.32 Å². The smallest absolute Gasteiger partial charge is 0.309 e. The Morgan fingerprint density at radius 2 is 2.29 bits per heavy atom. The van der Waals surface area contributed by atoms with Crippen molar-refractivity contribution in [3.63, 3.8) is 0 Å². The van der Waals surface area contributed by atoms with Crippen molar-refractivity contribution < 1.29 is 13.2 Å². The maximum absolute atomic E-state index is 12.2. The molecule has 1 aliphatic rings. The van der Waals surface area contributed by atoms with Crippen molar-refractivity contribution in [1.82, 2.24) is 10.3 Å². The van der Waals surface area contributed by atoms with Crippen molar-refractivity contribution in [2.75, 3.05) is 6.54 Å². The molecule has 14 heavy (non-hydrogen) atoms. The first-order valence-corrected chi connectivity index (χ1v) is 5.21.